The van der Waals surface area contributed by atoms with Crippen LogP contribution in [0.1, 0.15) is 17.2 Å². The fraction of sp³-hybridized carbons (Fsp3) is 0.200. The molecule has 21 heavy (non-hydrogen) atoms. The first-order valence-electron chi connectivity index (χ1n) is 6.50. The third-order valence-corrected chi connectivity index (χ3v) is 3.97. The van der Waals surface area contributed by atoms with Gasteiger partial charge in [-0.1, -0.05) is 18.2 Å². The van der Waals surface area contributed by atoms with E-state index in [1.807, 2.05) is 18.2 Å². The van der Waals surface area contributed by atoms with E-state index in [0.29, 0.717) is 34.7 Å². The number of rotatable bonds is 3. The quantitative estimate of drug-likeness (QED) is 0.658. The summed E-state index contributed by atoms with van der Waals surface area (Å²) in [6.45, 7) is 1.04. The molecule has 0 radical (unpaired) electrons. The van der Waals surface area contributed by atoms with Crippen molar-refractivity contribution >= 4 is 15.9 Å². The predicted octanol–water partition coefficient (Wildman–Crippen LogP) is 2.91. The van der Waals surface area contributed by atoms with Gasteiger partial charge in [-0.05, 0) is 39.7 Å². The maximum Gasteiger partial charge on any atom is 0.161 e. The molecular formula is C15H14BrFN2O2. The minimum Gasteiger partial charge on any atom is -0.486 e. The van der Waals surface area contributed by atoms with E-state index >= 15 is 0 Å². The standard InChI is InChI=1S/C15H14BrFN2O2/c16-11-3-1-2-10(14(11)17)15(19-18)9-4-5-12-13(8-9)21-7-6-20-12/h1-5,8,15,19H,6-7,18H2. The molecule has 4 nitrogen and oxygen atoms in total. The second kappa shape index (κ2) is 6.01. The van der Waals surface area contributed by atoms with Crippen LogP contribution in [0.15, 0.2) is 40.9 Å². The fourth-order valence-corrected chi connectivity index (χ4v) is 2.73. The van der Waals surface area contributed by atoms with E-state index < -0.39 is 6.04 Å². The van der Waals surface area contributed by atoms with Crippen LogP contribution in [0, 0.1) is 5.82 Å². The molecule has 1 unspecified atom stereocenters. The van der Waals surface area contributed by atoms with Crippen LogP contribution in [0.5, 0.6) is 11.5 Å². The Morgan fingerprint density at radius 3 is 2.67 bits per heavy atom. The molecule has 0 amide bonds. The lowest BCUT2D eigenvalue weighted by Crippen LogP contribution is -2.29. The minimum absolute atomic E-state index is 0.338. The Morgan fingerprint density at radius 1 is 1.14 bits per heavy atom. The molecule has 1 aliphatic heterocycles. The lowest BCUT2D eigenvalue weighted by molar-refractivity contribution is 0.171. The first-order valence-corrected chi connectivity index (χ1v) is 7.29. The van der Waals surface area contributed by atoms with Gasteiger partial charge in [-0.3, -0.25) is 5.84 Å². The van der Waals surface area contributed by atoms with E-state index in [1.54, 1.807) is 18.2 Å². The summed E-state index contributed by atoms with van der Waals surface area (Å²) < 4.78 is 25.7. The van der Waals surface area contributed by atoms with Crippen LogP contribution in [0.25, 0.3) is 0 Å². The van der Waals surface area contributed by atoms with Gasteiger partial charge in [0.15, 0.2) is 11.5 Å². The van der Waals surface area contributed by atoms with Gasteiger partial charge in [0.25, 0.3) is 0 Å². The van der Waals surface area contributed by atoms with Gasteiger partial charge in [-0.2, -0.15) is 0 Å². The normalized spacial score (nSPS) is 14.8. The Morgan fingerprint density at radius 2 is 1.90 bits per heavy atom. The summed E-state index contributed by atoms with van der Waals surface area (Å²) in [5, 5.41) is 0. The number of hydrogen-bond acceptors (Lipinski definition) is 4. The summed E-state index contributed by atoms with van der Waals surface area (Å²) >= 11 is 3.19. The number of ether oxygens (including phenoxy) is 2. The van der Waals surface area contributed by atoms with Crippen molar-refractivity contribution in [1.29, 1.82) is 0 Å². The first kappa shape index (κ1) is 14.3. The number of hydrazine groups is 1. The van der Waals surface area contributed by atoms with E-state index in [4.69, 9.17) is 15.3 Å². The summed E-state index contributed by atoms with van der Waals surface area (Å²) in [5.74, 6) is 6.63. The molecule has 1 heterocycles. The van der Waals surface area contributed by atoms with Gasteiger partial charge in [-0.15, -0.1) is 0 Å². The summed E-state index contributed by atoms with van der Waals surface area (Å²) in [6, 6.07) is 10.1. The molecule has 2 aromatic rings. The van der Waals surface area contributed by atoms with E-state index in [9.17, 15) is 4.39 Å². The molecule has 0 saturated carbocycles. The second-order valence-electron chi connectivity index (χ2n) is 4.65. The van der Waals surface area contributed by atoms with Crippen molar-refractivity contribution in [2.75, 3.05) is 13.2 Å². The maximum atomic E-state index is 14.3. The lowest BCUT2D eigenvalue weighted by Gasteiger charge is -2.22. The Balaban J connectivity index is 2.02. The van der Waals surface area contributed by atoms with Gasteiger partial charge < -0.3 is 9.47 Å². The van der Waals surface area contributed by atoms with Crippen molar-refractivity contribution in [2.45, 2.75) is 6.04 Å². The SMILES string of the molecule is NNC(c1ccc2c(c1)OCCO2)c1cccc(Br)c1F. The Hall–Kier alpha value is -1.63. The van der Waals surface area contributed by atoms with Crippen LogP contribution in [0.2, 0.25) is 0 Å². The number of fused-ring (bicyclic) bond motifs is 1. The molecule has 3 rings (SSSR count). The van der Waals surface area contributed by atoms with Crippen LogP contribution in [0.4, 0.5) is 4.39 Å². The van der Waals surface area contributed by atoms with Crippen LogP contribution in [-0.4, -0.2) is 13.2 Å². The molecule has 2 aromatic carbocycles. The van der Waals surface area contributed by atoms with Gasteiger partial charge in [0, 0.05) is 5.56 Å². The van der Waals surface area contributed by atoms with Gasteiger partial charge in [0.05, 0.1) is 10.5 Å². The number of benzene rings is 2. The molecule has 0 fully saturated rings. The summed E-state index contributed by atoms with van der Waals surface area (Å²) in [4.78, 5) is 0. The zero-order valence-electron chi connectivity index (χ0n) is 11.1. The van der Waals surface area contributed by atoms with Crippen molar-refractivity contribution < 1.29 is 13.9 Å². The van der Waals surface area contributed by atoms with Gasteiger partial charge in [0.2, 0.25) is 0 Å². The molecule has 3 N–H and O–H groups in total. The molecule has 110 valence electrons. The number of nitrogens with two attached hydrogens (primary N) is 1. The van der Waals surface area contributed by atoms with Crippen LogP contribution in [0.3, 0.4) is 0 Å². The highest BCUT2D eigenvalue weighted by molar-refractivity contribution is 9.10. The second-order valence-corrected chi connectivity index (χ2v) is 5.50. The number of nitrogens with one attached hydrogen (secondary N) is 1. The Labute approximate surface area is 130 Å². The first-order chi connectivity index (χ1) is 10.2. The average molecular weight is 353 g/mol. The van der Waals surface area contributed by atoms with Crippen LogP contribution in [-0.2, 0) is 0 Å². The van der Waals surface area contributed by atoms with Crippen molar-refractivity contribution in [3.05, 3.63) is 57.8 Å². The number of hydrogen-bond donors (Lipinski definition) is 2. The molecule has 0 bridgehead atoms. The fourth-order valence-electron chi connectivity index (χ4n) is 2.35. The van der Waals surface area contributed by atoms with Gasteiger partial charge >= 0.3 is 0 Å². The molecule has 1 atom stereocenters. The maximum absolute atomic E-state index is 14.3. The smallest absolute Gasteiger partial charge is 0.161 e. The van der Waals surface area contributed by atoms with Crippen molar-refractivity contribution in [1.82, 2.24) is 5.43 Å². The average Bonchev–Trinajstić information content (AvgIpc) is 2.52. The zero-order chi connectivity index (χ0) is 14.8. The molecule has 0 saturated heterocycles. The topological polar surface area (TPSA) is 56.5 Å². The molecule has 0 spiro atoms. The van der Waals surface area contributed by atoms with Gasteiger partial charge in [-0.25, -0.2) is 9.82 Å². The highest BCUT2D eigenvalue weighted by atomic mass is 79.9. The largest absolute Gasteiger partial charge is 0.486 e. The molecular weight excluding hydrogens is 339 g/mol. The third-order valence-electron chi connectivity index (χ3n) is 3.36. The van der Waals surface area contributed by atoms with E-state index in [2.05, 4.69) is 21.4 Å². The van der Waals surface area contributed by atoms with Crippen molar-refractivity contribution in [2.24, 2.45) is 5.84 Å². The molecule has 0 aliphatic carbocycles. The summed E-state index contributed by atoms with van der Waals surface area (Å²) in [7, 11) is 0. The highest BCUT2D eigenvalue weighted by Crippen LogP contribution is 2.35. The minimum atomic E-state index is -0.474. The monoisotopic (exact) mass is 352 g/mol. The molecule has 6 heteroatoms. The zero-order valence-corrected chi connectivity index (χ0v) is 12.7. The molecule has 1 aliphatic rings. The van der Waals surface area contributed by atoms with E-state index in [1.165, 1.54) is 0 Å². The Bertz CT molecular complexity index is 666. The van der Waals surface area contributed by atoms with Crippen molar-refractivity contribution in [3.8, 4) is 11.5 Å². The van der Waals surface area contributed by atoms with Gasteiger partial charge in [0.1, 0.15) is 19.0 Å². The molecule has 0 aromatic heterocycles. The summed E-state index contributed by atoms with van der Waals surface area (Å²) in [5.41, 5.74) is 3.92. The van der Waals surface area contributed by atoms with Crippen LogP contribution < -0.4 is 20.7 Å². The predicted molar refractivity (Wildman–Crippen MR) is 80.7 cm³/mol. The van der Waals surface area contributed by atoms with E-state index in [0.717, 1.165) is 5.56 Å². The lowest BCUT2D eigenvalue weighted by atomic mass is 9.98. The van der Waals surface area contributed by atoms with E-state index in [-0.39, 0.29) is 5.82 Å². The number of halogens is 2. The third kappa shape index (κ3) is 2.74. The Kier molecular flexibility index (Phi) is 4.10. The highest BCUT2D eigenvalue weighted by Gasteiger charge is 2.21. The van der Waals surface area contributed by atoms with Crippen LogP contribution >= 0.6 is 15.9 Å². The van der Waals surface area contributed by atoms with Crippen molar-refractivity contribution in [3.63, 3.8) is 0 Å². The summed E-state index contributed by atoms with van der Waals surface area (Å²) in [6.07, 6.45) is 0.